The third kappa shape index (κ3) is 5.93. The van der Waals surface area contributed by atoms with Gasteiger partial charge in [-0.2, -0.15) is 9.78 Å². The van der Waals surface area contributed by atoms with Gasteiger partial charge in [0.2, 0.25) is 6.79 Å². The van der Waals surface area contributed by atoms with Crippen LogP contribution in [-0.4, -0.2) is 36.4 Å². The lowest BCUT2D eigenvalue weighted by molar-refractivity contribution is 0.174. The summed E-state index contributed by atoms with van der Waals surface area (Å²) in [6.07, 6.45) is 1.60. The molecule has 0 saturated heterocycles. The Morgan fingerprint density at radius 2 is 1.80 bits per heavy atom. The van der Waals surface area contributed by atoms with Crippen LogP contribution >= 0.6 is 0 Å². The van der Waals surface area contributed by atoms with Crippen LogP contribution in [0.1, 0.15) is 48.9 Å². The van der Waals surface area contributed by atoms with Crippen LogP contribution in [-0.2, 0) is 6.61 Å². The van der Waals surface area contributed by atoms with Crippen molar-refractivity contribution in [2.45, 2.75) is 40.2 Å². The maximum atomic E-state index is 14.0. The van der Waals surface area contributed by atoms with Crippen LogP contribution in [0.5, 0.6) is 28.7 Å². The fourth-order valence-corrected chi connectivity index (χ4v) is 5.33. The van der Waals surface area contributed by atoms with Crippen LogP contribution in [0, 0.1) is 6.92 Å². The Kier molecular flexibility index (Phi) is 8.42. The Morgan fingerprint density at radius 1 is 0.978 bits per heavy atom. The molecule has 0 saturated carbocycles. The second kappa shape index (κ2) is 12.7. The maximum absolute atomic E-state index is 14.0. The summed E-state index contributed by atoms with van der Waals surface area (Å²) in [6, 6.07) is 22.6. The molecule has 2 heterocycles. The fourth-order valence-electron chi connectivity index (χ4n) is 5.33. The van der Waals surface area contributed by atoms with Crippen molar-refractivity contribution in [1.82, 2.24) is 9.66 Å². The molecule has 6 rings (SSSR count). The van der Waals surface area contributed by atoms with Crippen LogP contribution in [0.3, 0.4) is 0 Å². The lowest BCUT2D eigenvalue weighted by Gasteiger charge is -2.18. The van der Waals surface area contributed by atoms with Gasteiger partial charge in [-0.1, -0.05) is 38.1 Å². The quantitative estimate of drug-likeness (QED) is 0.157. The number of ether oxygens (including phenoxy) is 5. The summed E-state index contributed by atoms with van der Waals surface area (Å²) in [4.78, 5) is 18.9. The molecular weight excluding hydrogens is 570 g/mol. The van der Waals surface area contributed by atoms with E-state index in [4.69, 9.17) is 33.8 Å². The largest absolute Gasteiger partial charge is 0.494 e. The molecule has 4 aromatic carbocycles. The highest BCUT2D eigenvalue weighted by molar-refractivity contribution is 5.86. The van der Waals surface area contributed by atoms with Gasteiger partial charge in [-0.05, 0) is 85.0 Å². The first kappa shape index (κ1) is 29.7. The third-order valence-corrected chi connectivity index (χ3v) is 7.64. The van der Waals surface area contributed by atoms with E-state index in [0.29, 0.717) is 51.9 Å². The van der Waals surface area contributed by atoms with Crippen LogP contribution < -0.4 is 29.2 Å². The molecule has 0 amide bonds. The van der Waals surface area contributed by atoms with Gasteiger partial charge in [0.1, 0.15) is 12.4 Å². The first-order valence-electron chi connectivity index (χ1n) is 14.9. The van der Waals surface area contributed by atoms with Crippen LogP contribution in [0.25, 0.3) is 22.3 Å². The molecule has 0 bridgehead atoms. The maximum Gasteiger partial charge on any atom is 0.282 e. The van der Waals surface area contributed by atoms with Gasteiger partial charge in [-0.15, -0.1) is 0 Å². The monoisotopic (exact) mass is 605 g/mol. The molecule has 0 atom stereocenters. The number of hydrogen-bond donors (Lipinski definition) is 0. The SMILES string of the molecule is CCOc1cc(C)c(-c2nc3ccccc3c(=O)n2N=Cc2cccc(OC)c2OCc2ccc3c(c2)OCO3)cc1C(C)C. The van der Waals surface area contributed by atoms with E-state index in [1.807, 2.05) is 74.5 Å². The summed E-state index contributed by atoms with van der Waals surface area (Å²) in [7, 11) is 1.58. The van der Waals surface area contributed by atoms with E-state index in [1.165, 1.54) is 4.68 Å². The topological polar surface area (TPSA) is 93.4 Å². The average molecular weight is 606 g/mol. The van der Waals surface area contributed by atoms with Crippen molar-refractivity contribution in [2.24, 2.45) is 5.10 Å². The molecule has 1 aliphatic heterocycles. The molecule has 9 heteroatoms. The molecule has 1 aromatic heterocycles. The number of fused-ring (bicyclic) bond motifs is 2. The van der Waals surface area contributed by atoms with Gasteiger partial charge >= 0.3 is 0 Å². The first-order chi connectivity index (χ1) is 21.9. The Balaban J connectivity index is 1.44. The normalized spacial score (nSPS) is 12.3. The highest BCUT2D eigenvalue weighted by Crippen LogP contribution is 2.36. The third-order valence-electron chi connectivity index (χ3n) is 7.64. The van der Waals surface area contributed by atoms with Crippen molar-refractivity contribution in [2.75, 3.05) is 20.5 Å². The van der Waals surface area contributed by atoms with Crippen molar-refractivity contribution in [3.05, 3.63) is 105 Å². The summed E-state index contributed by atoms with van der Waals surface area (Å²) in [6.45, 7) is 9.20. The first-order valence-corrected chi connectivity index (χ1v) is 14.9. The summed E-state index contributed by atoms with van der Waals surface area (Å²) >= 11 is 0. The van der Waals surface area contributed by atoms with Crippen molar-refractivity contribution < 1.29 is 23.7 Å². The Bertz CT molecular complexity index is 1960. The summed E-state index contributed by atoms with van der Waals surface area (Å²) in [5.74, 6) is 3.86. The molecule has 9 nitrogen and oxygen atoms in total. The lowest BCUT2D eigenvalue weighted by atomic mass is 9.96. The molecule has 5 aromatic rings. The number of hydrogen-bond acceptors (Lipinski definition) is 8. The number of para-hydroxylation sites is 2. The summed E-state index contributed by atoms with van der Waals surface area (Å²) in [5, 5.41) is 5.20. The van der Waals surface area contributed by atoms with Gasteiger partial charge in [0, 0.05) is 11.1 Å². The standard InChI is InChI=1S/C36H35N3O6/c1-6-42-32-16-23(4)28(18-27(32)22(2)3)35-38-29-12-8-7-11-26(29)36(40)39(35)37-19-25-10-9-13-31(41-5)34(25)43-20-24-14-15-30-33(17-24)45-21-44-30/h7-19,22H,6,20-21H2,1-5H3. The van der Waals surface area contributed by atoms with E-state index in [-0.39, 0.29) is 24.9 Å². The molecule has 0 aliphatic carbocycles. The second-order valence-corrected chi connectivity index (χ2v) is 11.0. The van der Waals surface area contributed by atoms with Crippen molar-refractivity contribution in [3.63, 3.8) is 0 Å². The minimum atomic E-state index is -0.281. The Labute approximate surface area is 261 Å². The van der Waals surface area contributed by atoms with Crippen molar-refractivity contribution in [3.8, 4) is 40.1 Å². The molecule has 230 valence electrons. The van der Waals surface area contributed by atoms with Gasteiger partial charge in [-0.3, -0.25) is 4.79 Å². The smallest absolute Gasteiger partial charge is 0.282 e. The summed E-state index contributed by atoms with van der Waals surface area (Å²) < 4.78 is 30.2. The van der Waals surface area contributed by atoms with E-state index < -0.39 is 0 Å². The van der Waals surface area contributed by atoms with Gasteiger partial charge in [-0.25, -0.2) is 4.98 Å². The number of methoxy groups -OCH3 is 1. The van der Waals surface area contributed by atoms with Crippen LogP contribution in [0.4, 0.5) is 0 Å². The molecule has 0 spiro atoms. The highest BCUT2D eigenvalue weighted by Gasteiger charge is 2.19. The molecule has 0 radical (unpaired) electrons. The zero-order valence-electron chi connectivity index (χ0n) is 26.0. The fraction of sp³-hybridized carbons (Fsp3) is 0.250. The number of benzene rings is 4. The van der Waals surface area contributed by atoms with Crippen molar-refractivity contribution >= 4 is 17.1 Å². The lowest BCUT2D eigenvalue weighted by Crippen LogP contribution is -2.21. The minimum absolute atomic E-state index is 0.191. The molecular formula is C36H35N3O6. The molecule has 1 aliphatic rings. The molecule has 0 unspecified atom stereocenters. The minimum Gasteiger partial charge on any atom is -0.494 e. The number of nitrogens with zero attached hydrogens (tertiary/aromatic N) is 3. The predicted octanol–water partition coefficient (Wildman–Crippen LogP) is 7.09. The van der Waals surface area contributed by atoms with Crippen LogP contribution in [0.15, 0.2) is 82.7 Å². The van der Waals surface area contributed by atoms with Crippen LogP contribution in [0.2, 0.25) is 0 Å². The summed E-state index contributed by atoms with van der Waals surface area (Å²) in [5.41, 5.74) is 4.59. The molecule has 0 fully saturated rings. The van der Waals surface area contributed by atoms with E-state index in [9.17, 15) is 4.79 Å². The van der Waals surface area contributed by atoms with E-state index in [1.54, 1.807) is 19.4 Å². The average Bonchev–Trinajstić information content (AvgIpc) is 3.51. The van der Waals surface area contributed by atoms with Crippen molar-refractivity contribution in [1.29, 1.82) is 0 Å². The molecule has 0 N–H and O–H groups in total. The number of aromatic nitrogens is 2. The van der Waals surface area contributed by atoms with Gasteiger partial charge in [0.25, 0.3) is 5.56 Å². The van der Waals surface area contributed by atoms with E-state index >= 15 is 0 Å². The van der Waals surface area contributed by atoms with Gasteiger partial charge < -0.3 is 23.7 Å². The van der Waals surface area contributed by atoms with E-state index in [2.05, 4.69) is 19.9 Å². The Hall–Kier alpha value is -5.31. The predicted molar refractivity (Wildman–Crippen MR) is 174 cm³/mol. The van der Waals surface area contributed by atoms with E-state index in [0.717, 1.165) is 28.0 Å². The number of rotatable bonds is 10. The molecule has 45 heavy (non-hydrogen) atoms. The van der Waals surface area contributed by atoms with Gasteiger partial charge in [0.15, 0.2) is 28.8 Å². The second-order valence-electron chi connectivity index (χ2n) is 11.0. The zero-order valence-corrected chi connectivity index (χ0v) is 26.0. The zero-order chi connectivity index (χ0) is 31.5. The number of aryl methyl sites for hydroxylation is 1. The Morgan fingerprint density at radius 3 is 2.60 bits per heavy atom. The van der Waals surface area contributed by atoms with Gasteiger partial charge in [0.05, 0.1) is 30.8 Å². The highest BCUT2D eigenvalue weighted by atomic mass is 16.7.